The Balaban J connectivity index is 1.36. The molecule has 1 N–H and O–H groups in total. The quantitative estimate of drug-likeness (QED) is 0.570. The zero-order valence-electron chi connectivity index (χ0n) is 13.7. The number of rotatable bonds is 7. The molecular formula is C18H16ClNO5S. The van der Waals surface area contributed by atoms with Crippen molar-refractivity contribution in [1.29, 1.82) is 0 Å². The average molecular weight is 394 g/mol. The van der Waals surface area contributed by atoms with Crippen molar-refractivity contribution in [3.63, 3.8) is 0 Å². The number of thioether (sulfide) groups is 1. The Morgan fingerprint density at radius 1 is 1.12 bits per heavy atom. The van der Waals surface area contributed by atoms with Crippen molar-refractivity contribution < 1.29 is 23.8 Å². The predicted octanol–water partition coefficient (Wildman–Crippen LogP) is 3.73. The van der Waals surface area contributed by atoms with Gasteiger partial charge in [-0.05, 0) is 36.4 Å². The van der Waals surface area contributed by atoms with E-state index in [9.17, 15) is 9.59 Å². The van der Waals surface area contributed by atoms with Gasteiger partial charge in [0.2, 0.25) is 6.79 Å². The molecule has 8 heteroatoms. The minimum Gasteiger partial charge on any atom is -0.456 e. The zero-order chi connectivity index (χ0) is 18.4. The number of fused-ring (bicyclic) bond motifs is 1. The van der Waals surface area contributed by atoms with E-state index in [1.165, 1.54) is 11.8 Å². The Hall–Kier alpha value is -2.38. The highest BCUT2D eigenvalue weighted by molar-refractivity contribution is 7.99. The van der Waals surface area contributed by atoms with Crippen molar-refractivity contribution in [3.05, 3.63) is 47.5 Å². The summed E-state index contributed by atoms with van der Waals surface area (Å²) in [4.78, 5) is 24.6. The number of esters is 1. The smallest absolute Gasteiger partial charge is 0.307 e. The van der Waals surface area contributed by atoms with Gasteiger partial charge in [0.15, 0.2) is 18.1 Å². The molecule has 0 spiro atoms. The summed E-state index contributed by atoms with van der Waals surface area (Å²) in [5.74, 6) is 0.922. The maximum Gasteiger partial charge on any atom is 0.307 e. The van der Waals surface area contributed by atoms with Crippen LogP contribution in [0.5, 0.6) is 11.5 Å². The minimum atomic E-state index is -0.424. The summed E-state index contributed by atoms with van der Waals surface area (Å²) >= 11 is 7.34. The van der Waals surface area contributed by atoms with Gasteiger partial charge in [-0.3, -0.25) is 9.59 Å². The van der Waals surface area contributed by atoms with Crippen molar-refractivity contribution in [2.45, 2.75) is 11.3 Å². The van der Waals surface area contributed by atoms with Crippen molar-refractivity contribution in [2.75, 3.05) is 24.5 Å². The molecule has 1 amide bonds. The monoisotopic (exact) mass is 393 g/mol. The first-order chi connectivity index (χ1) is 12.6. The van der Waals surface area contributed by atoms with Gasteiger partial charge in [0.25, 0.3) is 5.91 Å². The molecule has 2 aromatic rings. The van der Waals surface area contributed by atoms with E-state index in [1.54, 1.807) is 30.3 Å². The van der Waals surface area contributed by atoms with Crippen molar-refractivity contribution in [2.24, 2.45) is 0 Å². The van der Waals surface area contributed by atoms with Gasteiger partial charge in [-0.15, -0.1) is 11.8 Å². The molecule has 136 valence electrons. The summed E-state index contributed by atoms with van der Waals surface area (Å²) in [6.07, 6.45) is 0.213. The molecule has 1 heterocycles. The lowest BCUT2D eigenvalue weighted by Crippen LogP contribution is -2.21. The van der Waals surface area contributed by atoms with E-state index in [0.717, 1.165) is 4.90 Å². The molecule has 1 aliphatic rings. The molecule has 0 saturated heterocycles. The molecule has 0 bridgehead atoms. The second-order valence-corrected chi connectivity index (χ2v) is 6.93. The van der Waals surface area contributed by atoms with Crippen LogP contribution in [0.4, 0.5) is 5.69 Å². The second kappa shape index (κ2) is 8.82. The summed E-state index contributed by atoms with van der Waals surface area (Å²) in [5.41, 5.74) is 0.550. The molecule has 0 atom stereocenters. The van der Waals surface area contributed by atoms with Gasteiger partial charge in [-0.1, -0.05) is 11.6 Å². The van der Waals surface area contributed by atoms with Crippen LogP contribution in [0.15, 0.2) is 47.4 Å². The largest absolute Gasteiger partial charge is 0.456 e. The Bertz CT molecular complexity index is 797. The van der Waals surface area contributed by atoms with E-state index in [4.69, 9.17) is 25.8 Å². The van der Waals surface area contributed by atoms with Gasteiger partial charge in [0.05, 0.1) is 6.42 Å². The fraction of sp³-hybridized carbons (Fsp3) is 0.222. The Morgan fingerprint density at radius 3 is 2.69 bits per heavy atom. The summed E-state index contributed by atoms with van der Waals surface area (Å²) in [5, 5.41) is 3.31. The lowest BCUT2D eigenvalue weighted by Gasteiger charge is -2.07. The summed E-state index contributed by atoms with van der Waals surface area (Å²) < 4.78 is 15.4. The molecule has 0 aromatic heterocycles. The maximum atomic E-state index is 11.9. The van der Waals surface area contributed by atoms with Crippen LogP contribution in [-0.2, 0) is 14.3 Å². The molecule has 0 unspecified atom stereocenters. The van der Waals surface area contributed by atoms with Gasteiger partial charge >= 0.3 is 5.97 Å². The number of nitrogens with one attached hydrogen (secondary N) is 1. The molecule has 2 aromatic carbocycles. The number of benzene rings is 2. The van der Waals surface area contributed by atoms with Crippen LogP contribution in [-0.4, -0.2) is 31.0 Å². The van der Waals surface area contributed by atoms with Gasteiger partial charge in [0, 0.05) is 27.4 Å². The lowest BCUT2D eigenvalue weighted by atomic mass is 10.3. The van der Waals surface area contributed by atoms with Crippen LogP contribution in [0.2, 0.25) is 5.02 Å². The van der Waals surface area contributed by atoms with Gasteiger partial charge in [0.1, 0.15) is 0 Å². The maximum absolute atomic E-state index is 11.9. The highest BCUT2D eigenvalue weighted by Crippen LogP contribution is 2.34. The highest BCUT2D eigenvalue weighted by Gasteiger charge is 2.14. The Morgan fingerprint density at radius 2 is 1.88 bits per heavy atom. The third kappa shape index (κ3) is 5.31. The predicted molar refractivity (Wildman–Crippen MR) is 98.9 cm³/mol. The average Bonchev–Trinajstić information content (AvgIpc) is 3.09. The van der Waals surface area contributed by atoms with Crippen molar-refractivity contribution >= 4 is 40.9 Å². The Labute approximate surface area is 159 Å². The topological polar surface area (TPSA) is 73.9 Å². The summed E-state index contributed by atoms with van der Waals surface area (Å²) in [7, 11) is 0. The van der Waals surface area contributed by atoms with Crippen molar-refractivity contribution in [1.82, 2.24) is 0 Å². The van der Waals surface area contributed by atoms with E-state index < -0.39 is 11.9 Å². The summed E-state index contributed by atoms with van der Waals surface area (Å²) in [6.45, 7) is -0.169. The van der Waals surface area contributed by atoms with Crippen LogP contribution >= 0.6 is 23.4 Å². The fourth-order valence-corrected chi connectivity index (χ4v) is 3.13. The van der Waals surface area contributed by atoms with Gasteiger partial charge < -0.3 is 19.5 Å². The van der Waals surface area contributed by atoms with E-state index in [1.807, 2.05) is 12.1 Å². The van der Waals surface area contributed by atoms with E-state index in [-0.39, 0.29) is 19.8 Å². The normalized spacial score (nSPS) is 11.9. The molecule has 1 aliphatic heterocycles. The number of anilines is 1. The van der Waals surface area contributed by atoms with Crippen LogP contribution in [0.3, 0.4) is 0 Å². The molecular weight excluding hydrogens is 378 g/mol. The number of carbonyl (C=O) groups is 2. The molecule has 0 aliphatic carbocycles. The molecule has 0 saturated carbocycles. The van der Waals surface area contributed by atoms with Crippen LogP contribution < -0.4 is 14.8 Å². The first-order valence-corrected chi connectivity index (χ1v) is 9.20. The number of hydrogen-bond acceptors (Lipinski definition) is 6. The molecule has 26 heavy (non-hydrogen) atoms. The molecule has 0 radical (unpaired) electrons. The minimum absolute atomic E-state index is 0.165. The summed E-state index contributed by atoms with van der Waals surface area (Å²) in [6, 6.07) is 12.4. The third-order valence-electron chi connectivity index (χ3n) is 3.41. The molecule has 3 rings (SSSR count). The number of halogens is 1. The number of ether oxygens (including phenoxy) is 3. The second-order valence-electron chi connectivity index (χ2n) is 5.33. The molecule has 6 nitrogen and oxygen atoms in total. The highest BCUT2D eigenvalue weighted by atomic mass is 35.5. The number of amides is 1. The van der Waals surface area contributed by atoms with E-state index >= 15 is 0 Å². The standard InChI is InChI=1S/C18H16ClNO5S/c19-12-1-4-14(5-2-12)26-8-7-18(22)23-10-17(21)20-13-3-6-15-16(9-13)25-11-24-15/h1-6,9H,7-8,10-11H2,(H,20,21). The number of carbonyl (C=O) groups excluding carboxylic acids is 2. The fourth-order valence-electron chi connectivity index (χ4n) is 2.17. The van der Waals surface area contributed by atoms with Gasteiger partial charge in [-0.2, -0.15) is 0 Å². The van der Waals surface area contributed by atoms with E-state index in [0.29, 0.717) is 28.0 Å². The van der Waals surface area contributed by atoms with Crippen LogP contribution in [0.25, 0.3) is 0 Å². The SMILES string of the molecule is O=C(COC(=O)CCSc1ccc(Cl)cc1)Nc1ccc2c(c1)OCO2. The Kier molecular flexibility index (Phi) is 6.25. The van der Waals surface area contributed by atoms with Gasteiger partial charge in [-0.25, -0.2) is 0 Å². The first kappa shape index (κ1) is 18.4. The zero-order valence-corrected chi connectivity index (χ0v) is 15.3. The van der Waals surface area contributed by atoms with Crippen molar-refractivity contribution in [3.8, 4) is 11.5 Å². The third-order valence-corrected chi connectivity index (χ3v) is 4.67. The van der Waals surface area contributed by atoms with Crippen LogP contribution in [0, 0.1) is 0 Å². The van der Waals surface area contributed by atoms with E-state index in [2.05, 4.69) is 5.32 Å². The lowest BCUT2D eigenvalue weighted by molar-refractivity contribution is -0.146. The van der Waals surface area contributed by atoms with Crippen LogP contribution in [0.1, 0.15) is 6.42 Å². The first-order valence-electron chi connectivity index (χ1n) is 7.83. The number of hydrogen-bond donors (Lipinski definition) is 1. The molecule has 0 fully saturated rings.